The highest BCUT2D eigenvalue weighted by Crippen LogP contribution is 2.17. The van der Waals surface area contributed by atoms with E-state index in [-0.39, 0.29) is 6.42 Å². The van der Waals surface area contributed by atoms with Crippen molar-refractivity contribution in [2.24, 2.45) is 0 Å². The SMILES string of the molecule is CCCCOC(=O)N(C)[C@@H](Cc1ccc(OCc2ccccc2)cc1)C(=O)O. The van der Waals surface area contributed by atoms with Crippen molar-refractivity contribution >= 4 is 12.1 Å². The van der Waals surface area contributed by atoms with Crippen LogP contribution in [0.25, 0.3) is 0 Å². The minimum Gasteiger partial charge on any atom is -0.489 e. The number of unbranched alkanes of at least 4 members (excludes halogenated alkanes) is 1. The van der Waals surface area contributed by atoms with E-state index in [1.54, 1.807) is 12.1 Å². The molecule has 2 aromatic carbocycles. The summed E-state index contributed by atoms with van der Waals surface area (Å²) in [6, 6.07) is 16.1. The Labute approximate surface area is 165 Å². The van der Waals surface area contributed by atoms with Crippen LogP contribution in [-0.4, -0.2) is 41.8 Å². The van der Waals surface area contributed by atoms with Crippen LogP contribution in [0.15, 0.2) is 54.6 Å². The molecule has 0 saturated carbocycles. The Bertz CT molecular complexity index is 745. The summed E-state index contributed by atoms with van der Waals surface area (Å²) in [4.78, 5) is 24.8. The molecule has 150 valence electrons. The fraction of sp³-hybridized carbons (Fsp3) is 0.364. The zero-order valence-electron chi connectivity index (χ0n) is 16.3. The number of benzene rings is 2. The molecular formula is C22H27NO5. The summed E-state index contributed by atoms with van der Waals surface area (Å²) in [5, 5.41) is 9.52. The van der Waals surface area contributed by atoms with Crippen LogP contribution in [0.1, 0.15) is 30.9 Å². The van der Waals surface area contributed by atoms with Gasteiger partial charge in [-0.25, -0.2) is 9.59 Å². The number of aliphatic carboxylic acids is 1. The molecule has 1 atom stereocenters. The van der Waals surface area contributed by atoms with Crippen molar-refractivity contribution in [3.05, 3.63) is 65.7 Å². The quantitative estimate of drug-likeness (QED) is 0.622. The van der Waals surface area contributed by atoms with E-state index in [0.717, 1.165) is 28.9 Å². The summed E-state index contributed by atoms with van der Waals surface area (Å²) in [5.74, 6) is -0.369. The average molecular weight is 385 g/mol. The van der Waals surface area contributed by atoms with E-state index in [4.69, 9.17) is 9.47 Å². The van der Waals surface area contributed by atoms with Crippen LogP contribution in [0.2, 0.25) is 0 Å². The molecule has 0 bridgehead atoms. The Balaban J connectivity index is 1.93. The van der Waals surface area contributed by atoms with Gasteiger partial charge in [0.1, 0.15) is 18.4 Å². The van der Waals surface area contributed by atoms with Crippen molar-refractivity contribution in [2.45, 2.75) is 38.8 Å². The molecule has 6 heteroatoms. The molecule has 0 unspecified atom stereocenters. The van der Waals surface area contributed by atoms with Gasteiger partial charge in [-0.1, -0.05) is 55.8 Å². The van der Waals surface area contributed by atoms with Crippen LogP contribution in [0.5, 0.6) is 5.75 Å². The van der Waals surface area contributed by atoms with E-state index in [9.17, 15) is 14.7 Å². The Morgan fingerprint density at radius 3 is 2.32 bits per heavy atom. The Morgan fingerprint density at radius 1 is 1.04 bits per heavy atom. The van der Waals surface area contributed by atoms with Crippen molar-refractivity contribution in [2.75, 3.05) is 13.7 Å². The number of hydrogen-bond donors (Lipinski definition) is 1. The number of hydrogen-bond acceptors (Lipinski definition) is 4. The first-order chi connectivity index (χ1) is 13.5. The Kier molecular flexibility index (Phi) is 8.34. The van der Waals surface area contributed by atoms with Crippen LogP contribution >= 0.6 is 0 Å². The van der Waals surface area contributed by atoms with Gasteiger partial charge in [-0.2, -0.15) is 0 Å². The van der Waals surface area contributed by atoms with E-state index < -0.39 is 18.1 Å². The normalized spacial score (nSPS) is 11.5. The van der Waals surface area contributed by atoms with Crippen molar-refractivity contribution < 1.29 is 24.2 Å². The van der Waals surface area contributed by atoms with Gasteiger partial charge in [-0.15, -0.1) is 0 Å². The Hall–Kier alpha value is -3.02. The van der Waals surface area contributed by atoms with E-state index in [1.165, 1.54) is 7.05 Å². The van der Waals surface area contributed by atoms with Crippen molar-refractivity contribution in [1.29, 1.82) is 0 Å². The lowest BCUT2D eigenvalue weighted by atomic mass is 10.1. The second-order valence-corrected chi connectivity index (χ2v) is 6.56. The van der Waals surface area contributed by atoms with Crippen molar-refractivity contribution in [1.82, 2.24) is 4.90 Å². The summed E-state index contributed by atoms with van der Waals surface area (Å²) < 4.78 is 10.8. The highest BCUT2D eigenvalue weighted by atomic mass is 16.6. The van der Waals surface area contributed by atoms with Crippen LogP contribution in [0, 0.1) is 0 Å². The summed E-state index contributed by atoms with van der Waals surface area (Å²) in [7, 11) is 1.45. The van der Waals surface area contributed by atoms with Gasteiger partial charge in [-0.05, 0) is 29.7 Å². The molecule has 0 fully saturated rings. The van der Waals surface area contributed by atoms with Gasteiger partial charge in [-0.3, -0.25) is 4.90 Å². The highest BCUT2D eigenvalue weighted by molar-refractivity contribution is 5.80. The van der Waals surface area contributed by atoms with E-state index in [0.29, 0.717) is 19.0 Å². The zero-order chi connectivity index (χ0) is 20.4. The molecule has 28 heavy (non-hydrogen) atoms. The van der Waals surface area contributed by atoms with Gasteiger partial charge in [0.25, 0.3) is 0 Å². The van der Waals surface area contributed by atoms with Crippen LogP contribution in [-0.2, 0) is 22.6 Å². The third kappa shape index (κ3) is 6.61. The zero-order valence-corrected chi connectivity index (χ0v) is 16.3. The minimum absolute atomic E-state index is 0.188. The van der Waals surface area contributed by atoms with Gasteiger partial charge >= 0.3 is 12.1 Å². The van der Waals surface area contributed by atoms with Crippen LogP contribution in [0.4, 0.5) is 4.79 Å². The van der Waals surface area contributed by atoms with E-state index >= 15 is 0 Å². The number of ether oxygens (including phenoxy) is 2. The molecule has 2 rings (SSSR count). The van der Waals surface area contributed by atoms with E-state index in [1.807, 2.05) is 49.4 Å². The molecular weight excluding hydrogens is 358 g/mol. The molecule has 1 N–H and O–H groups in total. The molecule has 0 aromatic heterocycles. The molecule has 2 aromatic rings. The minimum atomic E-state index is -1.07. The van der Waals surface area contributed by atoms with E-state index in [2.05, 4.69) is 0 Å². The maximum Gasteiger partial charge on any atom is 0.410 e. The number of carbonyl (C=O) groups is 2. The number of carbonyl (C=O) groups excluding carboxylic acids is 1. The topological polar surface area (TPSA) is 76.1 Å². The summed E-state index contributed by atoms with van der Waals surface area (Å²) in [6.07, 6.45) is 1.22. The summed E-state index contributed by atoms with van der Waals surface area (Å²) in [5.41, 5.74) is 1.87. The second-order valence-electron chi connectivity index (χ2n) is 6.56. The van der Waals surface area contributed by atoms with Crippen LogP contribution < -0.4 is 4.74 Å². The van der Waals surface area contributed by atoms with Crippen molar-refractivity contribution in [3.63, 3.8) is 0 Å². The number of carboxylic acids is 1. The maximum atomic E-state index is 12.0. The van der Waals surface area contributed by atoms with Gasteiger partial charge in [0.2, 0.25) is 0 Å². The lowest BCUT2D eigenvalue weighted by Gasteiger charge is -2.24. The number of likely N-dealkylation sites (N-methyl/N-ethyl adjacent to an activating group) is 1. The molecule has 0 saturated heterocycles. The van der Waals surface area contributed by atoms with Gasteiger partial charge in [0, 0.05) is 13.5 Å². The third-order valence-electron chi connectivity index (χ3n) is 4.36. The maximum absolute atomic E-state index is 12.0. The molecule has 0 spiro atoms. The molecule has 0 aliphatic heterocycles. The van der Waals surface area contributed by atoms with Crippen molar-refractivity contribution in [3.8, 4) is 5.75 Å². The van der Waals surface area contributed by atoms with Gasteiger partial charge in [0.05, 0.1) is 6.61 Å². The monoisotopic (exact) mass is 385 g/mol. The molecule has 0 radical (unpaired) electrons. The highest BCUT2D eigenvalue weighted by Gasteiger charge is 2.27. The molecule has 0 aliphatic carbocycles. The standard InChI is InChI=1S/C22H27NO5/c1-3-4-14-27-22(26)23(2)20(21(24)25)15-17-10-12-19(13-11-17)28-16-18-8-6-5-7-9-18/h5-13,20H,3-4,14-16H2,1-2H3,(H,24,25)/t20-/m0/s1. The van der Waals surface area contributed by atoms with Gasteiger partial charge < -0.3 is 14.6 Å². The first kappa shape index (κ1) is 21.3. The molecule has 1 amide bonds. The third-order valence-corrected chi connectivity index (χ3v) is 4.36. The fourth-order valence-electron chi connectivity index (χ4n) is 2.61. The van der Waals surface area contributed by atoms with Crippen LogP contribution in [0.3, 0.4) is 0 Å². The number of amides is 1. The van der Waals surface area contributed by atoms with Gasteiger partial charge in [0.15, 0.2) is 0 Å². The fourth-order valence-corrected chi connectivity index (χ4v) is 2.61. The lowest BCUT2D eigenvalue weighted by Crippen LogP contribution is -2.44. The Morgan fingerprint density at radius 2 is 1.71 bits per heavy atom. The first-order valence-corrected chi connectivity index (χ1v) is 9.39. The summed E-state index contributed by atoms with van der Waals surface area (Å²) >= 11 is 0. The number of rotatable bonds is 10. The molecule has 0 heterocycles. The molecule has 6 nitrogen and oxygen atoms in total. The lowest BCUT2D eigenvalue weighted by molar-refractivity contribution is -0.142. The first-order valence-electron chi connectivity index (χ1n) is 9.39. The average Bonchev–Trinajstić information content (AvgIpc) is 2.71. The predicted molar refractivity (Wildman–Crippen MR) is 106 cm³/mol. The second kappa shape index (κ2) is 11.0. The predicted octanol–water partition coefficient (Wildman–Crippen LogP) is 4.13. The molecule has 0 aliphatic rings. The summed E-state index contributed by atoms with van der Waals surface area (Å²) in [6.45, 7) is 2.74. The number of nitrogens with zero attached hydrogens (tertiary/aromatic N) is 1. The number of carboxylic acid groups (broad SMARTS) is 1. The smallest absolute Gasteiger partial charge is 0.410 e. The largest absolute Gasteiger partial charge is 0.489 e.